The Morgan fingerprint density at radius 3 is 2.88 bits per heavy atom. The van der Waals surface area contributed by atoms with E-state index in [1.54, 1.807) is 0 Å². The zero-order chi connectivity index (χ0) is 12.3. The van der Waals surface area contributed by atoms with Crippen LogP contribution in [0.2, 0.25) is 0 Å². The molecule has 0 atom stereocenters. The van der Waals surface area contributed by atoms with Crippen molar-refractivity contribution in [3.63, 3.8) is 0 Å². The Morgan fingerprint density at radius 1 is 1.35 bits per heavy atom. The molecule has 0 radical (unpaired) electrons. The number of benzene rings is 1. The number of rotatable bonds is 5. The monoisotopic (exact) mass is 232 g/mol. The maximum absolute atomic E-state index is 5.75. The average molecular weight is 232 g/mol. The molecule has 0 spiro atoms. The van der Waals surface area contributed by atoms with Crippen LogP contribution >= 0.6 is 0 Å². The Kier molecular flexibility index (Phi) is 3.64. The number of nitrogens with zero attached hydrogens (tertiary/aromatic N) is 2. The van der Waals surface area contributed by atoms with E-state index in [0.29, 0.717) is 0 Å². The lowest BCUT2D eigenvalue weighted by Gasteiger charge is -2.17. The van der Waals surface area contributed by atoms with Gasteiger partial charge < -0.3 is 10.7 Å². The third-order valence-corrected chi connectivity index (χ3v) is 2.92. The fraction of sp³-hybridized carbons (Fsp3) is 0.462. The van der Waals surface area contributed by atoms with Crippen LogP contribution in [-0.4, -0.2) is 28.0 Å². The molecule has 17 heavy (non-hydrogen) atoms. The number of nitrogens with two attached hydrogens (primary N) is 1. The second-order valence-electron chi connectivity index (χ2n) is 4.33. The van der Waals surface area contributed by atoms with Crippen LogP contribution < -0.4 is 5.73 Å². The third kappa shape index (κ3) is 2.77. The predicted octanol–water partition coefficient (Wildman–Crippen LogP) is 2.38. The van der Waals surface area contributed by atoms with E-state index in [1.165, 1.54) is 6.42 Å². The lowest BCUT2D eigenvalue weighted by Crippen LogP contribution is -2.24. The van der Waals surface area contributed by atoms with Gasteiger partial charge in [-0.1, -0.05) is 13.8 Å². The minimum atomic E-state index is 0.772. The first-order chi connectivity index (χ1) is 8.22. The van der Waals surface area contributed by atoms with Crippen LogP contribution in [0.1, 0.15) is 26.1 Å². The summed E-state index contributed by atoms with van der Waals surface area (Å²) in [5.41, 5.74) is 8.53. The summed E-state index contributed by atoms with van der Waals surface area (Å²) in [5, 5.41) is 0. The Balaban J connectivity index is 2.18. The van der Waals surface area contributed by atoms with Crippen molar-refractivity contribution in [3.8, 4) is 0 Å². The number of anilines is 1. The Morgan fingerprint density at radius 2 is 2.18 bits per heavy atom. The standard InChI is InChI=1S/C13H20N4/c1-3-7-17(4-2)9-13-15-11-6-5-10(14)8-12(11)16-13/h5-6,8H,3-4,7,9,14H2,1-2H3,(H,15,16). The summed E-state index contributed by atoms with van der Waals surface area (Å²) in [7, 11) is 0. The molecule has 4 nitrogen and oxygen atoms in total. The number of nitrogens with one attached hydrogen (secondary N) is 1. The van der Waals surface area contributed by atoms with Gasteiger partial charge >= 0.3 is 0 Å². The van der Waals surface area contributed by atoms with Crippen LogP contribution in [0.3, 0.4) is 0 Å². The van der Waals surface area contributed by atoms with E-state index in [2.05, 4.69) is 28.7 Å². The molecule has 0 fully saturated rings. The van der Waals surface area contributed by atoms with Gasteiger partial charge in [0.2, 0.25) is 0 Å². The first-order valence-electron chi connectivity index (χ1n) is 6.19. The molecule has 3 N–H and O–H groups in total. The molecule has 4 heteroatoms. The summed E-state index contributed by atoms with van der Waals surface area (Å²) in [4.78, 5) is 10.3. The van der Waals surface area contributed by atoms with Gasteiger partial charge in [0.1, 0.15) is 5.82 Å². The molecule has 0 saturated heterocycles. The molecule has 0 aliphatic carbocycles. The molecule has 2 rings (SSSR count). The van der Waals surface area contributed by atoms with Gasteiger partial charge in [-0.15, -0.1) is 0 Å². The van der Waals surface area contributed by atoms with Crippen LogP contribution in [0, 0.1) is 0 Å². The molecular formula is C13H20N4. The third-order valence-electron chi connectivity index (χ3n) is 2.92. The van der Waals surface area contributed by atoms with Crippen LogP contribution in [0.25, 0.3) is 11.0 Å². The maximum Gasteiger partial charge on any atom is 0.121 e. The number of H-pyrrole nitrogens is 1. The SMILES string of the molecule is CCCN(CC)Cc1nc2ccc(N)cc2[nH]1. The molecule has 0 unspecified atom stereocenters. The number of aromatic nitrogens is 2. The highest BCUT2D eigenvalue weighted by Crippen LogP contribution is 2.15. The number of aromatic amines is 1. The first-order valence-corrected chi connectivity index (χ1v) is 6.19. The number of hydrogen-bond donors (Lipinski definition) is 2. The minimum absolute atomic E-state index is 0.772. The summed E-state index contributed by atoms with van der Waals surface area (Å²) in [6.45, 7) is 7.40. The van der Waals surface area contributed by atoms with Gasteiger partial charge in [-0.25, -0.2) is 4.98 Å². The van der Waals surface area contributed by atoms with Crippen molar-refractivity contribution >= 4 is 16.7 Å². The lowest BCUT2D eigenvalue weighted by molar-refractivity contribution is 0.275. The molecule has 0 aliphatic rings. The van der Waals surface area contributed by atoms with Crippen molar-refractivity contribution < 1.29 is 0 Å². The van der Waals surface area contributed by atoms with Crippen molar-refractivity contribution in [1.29, 1.82) is 0 Å². The smallest absolute Gasteiger partial charge is 0.121 e. The van der Waals surface area contributed by atoms with E-state index in [0.717, 1.165) is 42.2 Å². The Hall–Kier alpha value is -1.55. The zero-order valence-electron chi connectivity index (χ0n) is 10.5. The highest BCUT2D eigenvalue weighted by molar-refractivity contribution is 5.78. The van der Waals surface area contributed by atoms with Gasteiger partial charge in [0.05, 0.1) is 17.6 Å². The van der Waals surface area contributed by atoms with Gasteiger partial charge in [0.25, 0.3) is 0 Å². The molecule has 1 heterocycles. The van der Waals surface area contributed by atoms with Crippen LogP contribution in [0.4, 0.5) is 5.69 Å². The van der Waals surface area contributed by atoms with E-state index >= 15 is 0 Å². The predicted molar refractivity (Wildman–Crippen MR) is 71.7 cm³/mol. The topological polar surface area (TPSA) is 57.9 Å². The molecule has 92 valence electrons. The largest absolute Gasteiger partial charge is 0.399 e. The first kappa shape index (κ1) is 11.9. The number of fused-ring (bicyclic) bond motifs is 1. The number of hydrogen-bond acceptors (Lipinski definition) is 3. The second-order valence-corrected chi connectivity index (χ2v) is 4.33. The zero-order valence-corrected chi connectivity index (χ0v) is 10.5. The van der Waals surface area contributed by atoms with Crippen LogP contribution in [0.5, 0.6) is 0 Å². The van der Waals surface area contributed by atoms with Crippen molar-refractivity contribution in [1.82, 2.24) is 14.9 Å². The highest BCUT2D eigenvalue weighted by Gasteiger charge is 2.07. The van der Waals surface area contributed by atoms with Gasteiger partial charge in [0, 0.05) is 5.69 Å². The highest BCUT2D eigenvalue weighted by atomic mass is 15.1. The van der Waals surface area contributed by atoms with Gasteiger partial charge in [0.15, 0.2) is 0 Å². The van der Waals surface area contributed by atoms with Gasteiger partial charge in [-0.2, -0.15) is 0 Å². The molecule has 1 aromatic carbocycles. The van der Waals surface area contributed by atoms with E-state index in [4.69, 9.17) is 5.73 Å². The van der Waals surface area contributed by atoms with E-state index in [-0.39, 0.29) is 0 Å². The number of nitrogen functional groups attached to an aromatic ring is 1. The fourth-order valence-electron chi connectivity index (χ4n) is 2.03. The summed E-state index contributed by atoms with van der Waals surface area (Å²) in [6, 6.07) is 5.78. The van der Waals surface area contributed by atoms with Crippen LogP contribution in [0.15, 0.2) is 18.2 Å². The maximum atomic E-state index is 5.75. The lowest BCUT2D eigenvalue weighted by atomic mass is 10.3. The summed E-state index contributed by atoms with van der Waals surface area (Å²) in [5.74, 6) is 1.01. The summed E-state index contributed by atoms with van der Waals surface area (Å²) < 4.78 is 0. The molecule has 0 saturated carbocycles. The van der Waals surface area contributed by atoms with Crippen molar-refractivity contribution in [3.05, 3.63) is 24.0 Å². The fourth-order valence-corrected chi connectivity index (χ4v) is 2.03. The van der Waals surface area contributed by atoms with E-state index < -0.39 is 0 Å². The number of imidazole rings is 1. The van der Waals surface area contributed by atoms with Crippen molar-refractivity contribution in [2.75, 3.05) is 18.8 Å². The Labute approximate surface area is 102 Å². The van der Waals surface area contributed by atoms with E-state index in [1.807, 2.05) is 18.2 Å². The normalized spacial score (nSPS) is 11.5. The quantitative estimate of drug-likeness (QED) is 0.778. The molecule has 0 aliphatic heterocycles. The molecular weight excluding hydrogens is 212 g/mol. The van der Waals surface area contributed by atoms with E-state index in [9.17, 15) is 0 Å². The van der Waals surface area contributed by atoms with Crippen LogP contribution in [-0.2, 0) is 6.54 Å². The van der Waals surface area contributed by atoms with Gasteiger partial charge in [-0.05, 0) is 37.7 Å². The van der Waals surface area contributed by atoms with Crippen molar-refractivity contribution in [2.24, 2.45) is 0 Å². The minimum Gasteiger partial charge on any atom is -0.399 e. The average Bonchev–Trinajstić information content (AvgIpc) is 2.69. The molecule has 2 aromatic rings. The summed E-state index contributed by atoms with van der Waals surface area (Å²) in [6.07, 6.45) is 1.17. The second kappa shape index (κ2) is 5.19. The van der Waals surface area contributed by atoms with Gasteiger partial charge in [-0.3, -0.25) is 4.90 Å². The molecule has 0 amide bonds. The summed E-state index contributed by atoms with van der Waals surface area (Å²) >= 11 is 0. The Bertz CT molecular complexity index is 489. The molecule has 1 aromatic heterocycles. The molecule has 0 bridgehead atoms. The van der Waals surface area contributed by atoms with Crippen molar-refractivity contribution in [2.45, 2.75) is 26.8 Å².